The van der Waals surface area contributed by atoms with E-state index in [0.29, 0.717) is 13.2 Å². The van der Waals surface area contributed by atoms with Gasteiger partial charge < -0.3 is 25.4 Å². The molecular weight excluding hydrogens is 334 g/mol. The zero-order valence-electron chi connectivity index (χ0n) is 15.3. The van der Waals surface area contributed by atoms with Crippen LogP contribution in [-0.4, -0.2) is 32.4 Å². The number of carbonyl (C=O) groups is 2. The summed E-state index contributed by atoms with van der Waals surface area (Å²) in [5.41, 5.74) is 1.93. The van der Waals surface area contributed by atoms with Crippen molar-refractivity contribution in [1.82, 2.24) is 16.0 Å². The van der Waals surface area contributed by atoms with Crippen LogP contribution in [-0.2, 0) is 4.74 Å². The van der Waals surface area contributed by atoms with Crippen LogP contribution in [0.25, 0.3) is 0 Å². The Bertz CT molecular complexity index is 628. The van der Waals surface area contributed by atoms with Gasteiger partial charge in [0, 0.05) is 12.2 Å². The molecule has 7 heteroatoms. The fourth-order valence-electron chi connectivity index (χ4n) is 2.73. The molecule has 0 bridgehead atoms. The van der Waals surface area contributed by atoms with Crippen molar-refractivity contribution in [3.8, 4) is 5.75 Å². The molecule has 0 aromatic heterocycles. The number of rotatable bonds is 9. The topological polar surface area (TPSA) is 88.7 Å². The van der Waals surface area contributed by atoms with Crippen LogP contribution in [0.4, 0.5) is 9.59 Å². The van der Waals surface area contributed by atoms with Crippen molar-refractivity contribution in [2.75, 3.05) is 20.3 Å². The van der Waals surface area contributed by atoms with Gasteiger partial charge in [-0.2, -0.15) is 0 Å². The van der Waals surface area contributed by atoms with Crippen LogP contribution in [0.15, 0.2) is 36.0 Å². The average Bonchev–Trinajstić information content (AvgIpc) is 2.64. The number of hydrogen-bond acceptors (Lipinski definition) is 4. The molecule has 1 aliphatic heterocycles. The zero-order chi connectivity index (χ0) is 18.8. The SMILES string of the molecule is CCOC(=O)NCCCCCC1=C[C@H](c2ccc(OC)cc2)NC(=O)N1. The van der Waals surface area contributed by atoms with E-state index in [4.69, 9.17) is 9.47 Å². The standard InChI is InChI=1S/C19H27N3O4/c1-3-26-19(24)20-12-6-4-5-7-15-13-17(22-18(23)21-15)14-8-10-16(25-2)11-9-14/h8-11,13,17H,3-7,12H2,1-2H3,(H,20,24)(H2,21,22,23)/t17-/m1/s1. The number of amides is 3. The summed E-state index contributed by atoms with van der Waals surface area (Å²) in [4.78, 5) is 23.1. The number of benzene rings is 1. The molecule has 1 aromatic carbocycles. The summed E-state index contributed by atoms with van der Waals surface area (Å²) < 4.78 is 9.97. The Kier molecular flexibility index (Phi) is 7.79. The third-order valence-electron chi connectivity index (χ3n) is 4.07. The molecule has 0 unspecified atom stereocenters. The molecule has 1 atom stereocenters. The molecule has 0 fully saturated rings. The lowest BCUT2D eigenvalue weighted by Gasteiger charge is -2.24. The van der Waals surface area contributed by atoms with Gasteiger partial charge in [-0.1, -0.05) is 18.6 Å². The van der Waals surface area contributed by atoms with Gasteiger partial charge in [0.25, 0.3) is 0 Å². The molecule has 3 amide bonds. The minimum atomic E-state index is -0.372. The maximum absolute atomic E-state index is 11.9. The normalized spacial score (nSPS) is 16.2. The van der Waals surface area contributed by atoms with E-state index in [1.165, 1.54) is 0 Å². The summed E-state index contributed by atoms with van der Waals surface area (Å²) >= 11 is 0. The number of allylic oxidation sites excluding steroid dienone is 1. The van der Waals surface area contributed by atoms with Gasteiger partial charge in [-0.3, -0.25) is 0 Å². The third-order valence-corrected chi connectivity index (χ3v) is 4.07. The van der Waals surface area contributed by atoms with Crippen molar-refractivity contribution in [1.29, 1.82) is 0 Å². The number of nitrogens with one attached hydrogen (secondary N) is 3. The highest BCUT2D eigenvalue weighted by atomic mass is 16.5. The van der Waals surface area contributed by atoms with Gasteiger partial charge in [0.1, 0.15) is 5.75 Å². The fourth-order valence-corrected chi connectivity index (χ4v) is 2.73. The van der Waals surface area contributed by atoms with Gasteiger partial charge in [0.2, 0.25) is 0 Å². The van der Waals surface area contributed by atoms with Crippen LogP contribution in [0.2, 0.25) is 0 Å². The monoisotopic (exact) mass is 361 g/mol. The minimum Gasteiger partial charge on any atom is -0.497 e. The van der Waals surface area contributed by atoms with E-state index in [2.05, 4.69) is 16.0 Å². The van der Waals surface area contributed by atoms with Gasteiger partial charge in [-0.05, 0) is 50.0 Å². The van der Waals surface area contributed by atoms with Crippen LogP contribution >= 0.6 is 0 Å². The van der Waals surface area contributed by atoms with Crippen molar-refractivity contribution in [2.24, 2.45) is 0 Å². The third kappa shape index (κ3) is 6.31. The number of alkyl carbamates (subject to hydrolysis) is 1. The van der Waals surface area contributed by atoms with E-state index >= 15 is 0 Å². The van der Waals surface area contributed by atoms with E-state index in [1.54, 1.807) is 14.0 Å². The summed E-state index contributed by atoms with van der Waals surface area (Å²) in [6, 6.07) is 7.33. The van der Waals surface area contributed by atoms with Gasteiger partial charge in [-0.15, -0.1) is 0 Å². The summed E-state index contributed by atoms with van der Waals surface area (Å²) in [5, 5.41) is 8.47. The molecule has 26 heavy (non-hydrogen) atoms. The zero-order valence-corrected chi connectivity index (χ0v) is 15.3. The van der Waals surface area contributed by atoms with E-state index < -0.39 is 0 Å². The second-order valence-corrected chi connectivity index (χ2v) is 6.00. The number of urea groups is 1. The number of methoxy groups -OCH3 is 1. The van der Waals surface area contributed by atoms with Gasteiger partial charge >= 0.3 is 12.1 Å². The Morgan fingerprint density at radius 2 is 1.96 bits per heavy atom. The Morgan fingerprint density at radius 3 is 2.65 bits per heavy atom. The van der Waals surface area contributed by atoms with Crippen LogP contribution in [0.1, 0.15) is 44.2 Å². The fraction of sp³-hybridized carbons (Fsp3) is 0.474. The maximum Gasteiger partial charge on any atom is 0.407 e. The van der Waals surface area contributed by atoms with E-state index in [1.807, 2.05) is 30.3 Å². The maximum atomic E-state index is 11.9. The highest BCUT2D eigenvalue weighted by Gasteiger charge is 2.19. The highest BCUT2D eigenvalue weighted by Crippen LogP contribution is 2.22. The van der Waals surface area contributed by atoms with E-state index in [-0.39, 0.29) is 18.2 Å². The lowest BCUT2D eigenvalue weighted by atomic mass is 10.0. The van der Waals surface area contributed by atoms with E-state index in [0.717, 1.165) is 42.7 Å². The van der Waals surface area contributed by atoms with Crippen LogP contribution in [0, 0.1) is 0 Å². The van der Waals surface area contributed by atoms with Crippen molar-refractivity contribution in [2.45, 2.75) is 38.6 Å². The molecule has 0 spiro atoms. The van der Waals surface area contributed by atoms with Gasteiger partial charge in [0.05, 0.1) is 19.8 Å². The highest BCUT2D eigenvalue weighted by molar-refractivity contribution is 5.78. The summed E-state index contributed by atoms with van der Waals surface area (Å²) in [6.07, 6.45) is 5.23. The molecule has 0 saturated carbocycles. The summed E-state index contributed by atoms with van der Waals surface area (Å²) in [5.74, 6) is 0.787. The Morgan fingerprint density at radius 1 is 1.19 bits per heavy atom. The average molecular weight is 361 g/mol. The molecule has 1 heterocycles. The number of ether oxygens (including phenoxy) is 2. The molecule has 142 valence electrons. The largest absolute Gasteiger partial charge is 0.497 e. The minimum absolute atomic E-state index is 0.143. The Labute approximate surface area is 154 Å². The van der Waals surface area contributed by atoms with Crippen molar-refractivity contribution >= 4 is 12.1 Å². The van der Waals surface area contributed by atoms with Crippen molar-refractivity contribution < 1.29 is 19.1 Å². The molecule has 1 aliphatic rings. The predicted molar refractivity (Wildman–Crippen MR) is 99.0 cm³/mol. The van der Waals surface area contributed by atoms with E-state index in [9.17, 15) is 9.59 Å². The van der Waals surface area contributed by atoms with Crippen LogP contribution in [0.3, 0.4) is 0 Å². The second kappa shape index (κ2) is 10.3. The Hall–Kier alpha value is -2.70. The number of hydrogen-bond donors (Lipinski definition) is 3. The van der Waals surface area contributed by atoms with Gasteiger partial charge in [0.15, 0.2) is 0 Å². The lowest BCUT2D eigenvalue weighted by molar-refractivity contribution is 0.152. The molecule has 0 saturated heterocycles. The van der Waals surface area contributed by atoms with Crippen LogP contribution in [0.5, 0.6) is 5.75 Å². The first-order valence-electron chi connectivity index (χ1n) is 8.95. The number of unbranched alkanes of at least 4 members (excludes halogenated alkanes) is 2. The molecule has 7 nitrogen and oxygen atoms in total. The smallest absolute Gasteiger partial charge is 0.407 e. The molecule has 3 N–H and O–H groups in total. The lowest BCUT2D eigenvalue weighted by Crippen LogP contribution is -2.41. The first-order valence-corrected chi connectivity index (χ1v) is 8.95. The first-order chi connectivity index (χ1) is 12.6. The quantitative estimate of drug-likeness (QED) is 0.589. The summed E-state index contributed by atoms with van der Waals surface area (Å²) in [7, 11) is 1.63. The molecular formula is C19H27N3O4. The molecule has 0 aliphatic carbocycles. The molecule has 1 aromatic rings. The molecule has 0 radical (unpaired) electrons. The summed E-state index contributed by atoms with van der Waals surface area (Å²) in [6.45, 7) is 2.75. The van der Waals surface area contributed by atoms with Crippen LogP contribution < -0.4 is 20.7 Å². The molecule has 2 rings (SSSR count). The predicted octanol–water partition coefficient (Wildman–Crippen LogP) is 3.24. The first kappa shape index (κ1) is 19.6. The van der Waals surface area contributed by atoms with Crippen molar-refractivity contribution in [3.63, 3.8) is 0 Å². The van der Waals surface area contributed by atoms with Gasteiger partial charge in [-0.25, -0.2) is 9.59 Å². The Balaban J connectivity index is 1.77. The second-order valence-electron chi connectivity index (χ2n) is 6.00. The number of carbonyl (C=O) groups excluding carboxylic acids is 2. The van der Waals surface area contributed by atoms with Crippen molar-refractivity contribution in [3.05, 3.63) is 41.6 Å².